The molecule has 0 saturated carbocycles. The maximum atomic E-state index is 5.77. The summed E-state index contributed by atoms with van der Waals surface area (Å²) in [6.45, 7) is 2.52. The van der Waals surface area contributed by atoms with E-state index in [1.54, 1.807) is 0 Å². The summed E-state index contributed by atoms with van der Waals surface area (Å²) in [5, 5.41) is 5.19. The van der Waals surface area contributed by atoms with E-state index >= 15 is 0 Å². The van der Waals surface area contributed by atoms with Gasteiger partial charge in [-0.2, -0.15) is 0 Å². The number of aromatic nitrogens is 1. The van der Waals surface area contributed by atoms with Crippen LogP contribution in [0.1, 0.15) is 11.1 Å². The fraction of sp³-hybridized carbons (Fsp3) is 0.133. The molecule has 0 saturated heterocycles. The number of hydrogen-bond acceptors (Lipinski definition) is 3. The van der Waals surface area contributed by atoms with Crippen LogP contribution < -0.4 is 5.73 Å². The van der Waals surface area contributed by atoms with Gasteiger partial charge in [0.05, 0.1) is 0 Å². The van der Waals surface area contributed by atoms with Gasteiger partial charge in [-0.1, -0.05) is 41.6 Å². The van der Waals surface area contributed by atoms with Gasteiger partial charge in [0.1, 0.15) is 5.52 Å². The first-order valence-electron chi connectivity index (χ1n) is 5.94. The third kappa shape index (κ3) is 1.60. The molecule has 3 aromatic rings. The topological polar surface area (TPSA) is 52.0 Å². The molecule has 2 N–H and O–H groups in total. The average Bonchev–Trinajstić information content (AvgIpc) is 2.84. The average molecular weight is 238 g/mol. The summed E-state index contributed by atoms with van der Waals surface area (Å²) in [5.41, 5.74) is 9.89. The van der Waals surface area contributed by atoms with Crippen LogP contribution in [0.15, 0.2) is 47.0 Å². The first-order valence-corrected chi connectivity index (χ1v) is 5.94. The fourth-order valence-corrected chi connectivity index (χ4v) is 2.22. The SMILES string of the molecule is Cc1cccc2c(-c3ccccc3CN)onc12. The molecule has 0 atom stereocenters. The maximum absolute atomic E-state index is 5.77. The van der Waals surface area contributed by atoms with Crippen LogP contribution in [0.3, 0.4) is 0 Å². The third-order valence-electron chi connectivity index (χ3n) is 3.19. The zero-order valence-corrected chi connectivity index (χ0v) is 10.2. The highest BCUT2D eigenvalue weighted by Gasteiger charge is 2.14. The molecule has 3 rings (SSSR count). The molecule has 0 aliphatic rings. The van der Waals surface area contributed by atoms with E-state index in [0.29, 0.717) is 6.54 Å². The van der Waals surface area contributed by atoms with Crippen LogP contribution in [-0.2, 0) is 6.54 Å². The second-order valence-electron chi connectivity index (χ2n) is 4.34. The van der Waals surface area contributed by atoms with E-state index in [4.69, 9.17) is 10.3 Å². The molecule has 0 aliphatic carbocycles. The Hall–Kier alpha value is -2.13. The Bertz CT molecular complexity index is 701. The highest BCUT2D eigenvalue weighted by molar-refractivity contribution is 5.93. The Labute approximate surface area is 105 Å². The number of hydrogen-bond donors (Lipinski definition) is 1. The Morgan fingerprint density at radius 1 is 1.11 bits per heavy atom. The van der Waals surface area contributed by atoms with Crippen LogP contribution in [0.25, 0.3) is 22.2 Å². The van der Waals surface area contributed by atoms with Gasteiger partial charge in [0.25, 0.3) is 0 Å². The van der Waals surface area contributed by atoms with Crippen molar-refractivity contribution in [2.75, 3.05) is 0 Å². The lowest BCUT2D eigenvalue weighted by Gasteiger charge is -2.04. The molecule has 1 aromatic heterocycles. The number of benzene rings is 2. The molecule has 0 radical (unpaired) electrons. The zero-order chi connectivity index (χ0) is 12.5. The molecule has 2 aromatic carbocycles. The van der Waals surface area contributed by atoms with E-state index in [2.05, 4.69) is 5.16 Å². The molecule has 3 nitrogen and oxygen atoms in total. The Kier molecular flexibility index (Phi) is 2.61. The molecule has 3 heteroatoms. The number of nitrogens with two attached hydrogens (primary N) is 1. The number of rotatable bonds is 2. The van der Waals surface area contributed by atoms with E-state index in [9.17, 15) is 0 Å². The molecule has 18 heavy (non-hydrogen) atoms. The second-order valence-corrected chi connectivity index (χ2v) is 4.34. The van der Waals surface area contributed by atoms with Crippen molar-refractivity contribution in [2.45, 2.75) is 13.5 Å². The van der Waals surface area contributed by atoms with Crippen molar-refractivity contribution in [3.63, 3.8) is 0 Å². The van der Waals surface area contributed by atoms with Crippen molar-refractivity contribution in [2.24, 2.45) is 5.73 Å². The summed E-state index contributed by atoms with van der Waals surface area (Å²) in [5.74, 6) is 0.801. The monoisotopic (exact) mass is 238 g/mol. The molecular weight excluding hydrogens is 224 g/mol. The second kappa shape index (κ2) is 4.27. The summed E-state index contributed by atoms with van der Waals surface area (Å²) < 4.78 is 5.52. The lowest BCUT2D eigenvalue weighted by atomic mass is 10.0. The summed E-state index contributed by atoms with van der Waals surface area (Å²) in [6.07, 6.45) is 0. The molecule has 0 bridgehead atoms. The van der Waals surface area contributed by atoms with Crippen molar-refractivity contribution in [1.82, 2.24) is 5.16 Å². The normalized spacial score (nSPS) is 11.0. The minimum absolute atomic E-state index is 0.490. The maximum Gasteiger partial charge on any atom is 0.175 e. The van der Waals surface area contributed by atoms with Gasteiger partial charge in [0, 0.05) is 17.5 Å². The highest BCUT2D eigenvalue weighted by atomic mass is 16.5. The molecule has 90 valence electrons. The molecule has 0 fully saturated rings. The molecular formula is C15H14N2O. The Morgan fingerprint density at radius 3 is 2.78 bits per heavy atom. The van der Waals surface area contributed by atoms with Gasteiger partial charge in [-0.05, 0) is 24.1 Å². The number of nitrogens with zero attached hydrogens (tertiary/aromatic N) is 1. The van der Waals surface area contributed by atoms with Crippen molar-refractivity contribution in [3.8, 4) is 11.3 Å². The van der Waals surface area contributed by atoms with Crippen LogP contribution in [0.4, 0.5) is 0 Å². The number of aryl methyl sites for hydroxylation is 1. The van der Waals surface area contributed by atoms with Gasteiger partial charge in [0.2, 0.25) is 0 Å². The van der Waals surface area contributed by atoms with E-state index in [1.165, 1.54) is 0 Å². The largest absolute Gasteiger partial charge is 0.355 e. The van der Waals surface area contributed by atoms with Crippen LogP contribution in [0.5, 0.6) is 0 Å². The van der Waals surface area contributed by atoms with Crippen LogP contribution in [-0.4, -0.2) is 5.16 Å². The zero-order valence-electron chi connectivity index (χ0n) is 10.2. The van der Waals surface area contributed by atoms with E-state index in [1.807, 2.05) is 49.4 Å². The number of fused-ring (bicyclic) bond motifs is 1. The van der Waals surface area contributed by atoms with Crippen molar-refractivity contribution in [3.05, 3.63) is 53.6 Å². The third-order valence-corrected chi connectivity index (χ3v) is 3.19. The van der Waals surface area contributed by atoms with Crippen LogP contribution >= 0.6 is 0 Å². The quantitative estimate of drug-likeness (QED) is 0.745. The summed E-state index contributed by atoms with van der Waals surface area (Å²) >= 11 is 0. The van der Waals surface area contributed by atoms with E-state index in [-0.39, 0.29) is 0 Å². The standard InChI is InChI=1S/C15H14N2O/c1-10-5-4-8-13-14(10)17-18-15(13)12-7-3-2-6-11(12)9-16/h2-8H,9,16H2,1H3. The first kappa shape index (κ1) is 11.0. The first-order chi connectivity index (χ1) is 8.81. The van der Waals surface area contributed by atoms with Gasteiger partial charge in [0.15, 0.2) is 5.76 Å². The van der Waals surface area contributed by atoms with Crippen LogP contribution in [0.2, 0.25) is 0 Å². The minimum Gasteiger partial charge on any atom is -0.355 e. The summed E-state index contributed by atoms with van der Waals surface area (Å²) in [6, 6.07) is 14.1. The van der Waals surface area contributed by atoms with E-state index < -0.39 is 0 Å². The Balaban J connectivity index is 2.29. The summed E-state index contributed by atoms with van der Waals surface area (Å²) in [7, 11) is 0. The molecule has 0 unspecified atom stereocenters. The molecule has 1 heterocycles. The predicted octanol–water partition coefficient (Wildman–Crippen LogP) is 3.26. The van der Waals surface area contributed by atoms with E-state index in [0.717, 1.165) is 33.4 Å². The summed E-state index contributed by atoms with van der Waals surface area (Å²) in [4.78, 5) is 0. The van der Waals surface area contributed by atoms with Crippen molar-refractivity contribution >= 4 is 10.9 Å². The lowest BCUT2D eigenvalue weighted by Crippen LogP contribution is -1.98. The van der Waals surface area contributed by atoms with Gasteiger partial charge >= 0.3 is 0 Å². The minimum atomic E-state index is 0.490. The predicted molar refractivity (Wildman–Crippen MR) is 72.1 cm³/mol. The molecule has 0 spiro atoms. The van der Waals surface area contributed by atoms with Gasteiger partial charge in [-0.3, -0.25) is 0 Å². The van der Waals surface area contributed by atoms with Crippen molar-refractivity contribution in [1.29, 1.82) is 0 Å². The lowest BCUT2D eigenvalue weighted by molar-refractivity contribution is 0.440. The molecule has 0 aliphatic heterocycles. The van der Waals surface area contributed by atoms with Gasteiger partial charge in [-0.15, -0.1) is 0 Å². The fourth-order valence-electron chi connectivity index (χ4n) is 2.22. The highest BCUT2D eigenvalue weighted by Crippen LogP contribution is 2.31. The van der Waals surface area contributed by atoms with Crippen LogP contribution in [0, 0.1) is 6.92 Å². The Morgan fingerprint density at radius 2 is 1.94 bits per heavy atom. The van der Waals surface area contributed by atoms with Gasteiger partial charge < -0.3 is 10.3 Å². The molecule has 0 amide bonds. The smallest absolute Gasteiger partial charge is 0.175 e. The van der Waals surface area contributed by atoms with Crippen molar-refractivity contribution < 1.29 is 4.52 Å². The van der Waals surface area contributed by atoms with Gasteiger partial charge in [-0.25, -0.2) is 0 Å².